The van der Waals surface area contributed by atoms with Gasteiger partial charge >= 0.3 is 0 Å². The summed E-state index contributed by atoms with van der Waals surface area (Å²) >= 11 is 1.49. The van der Waals surface area contributed by atoms with Crippen LogP contribution in [0.1, 0.15) is 22.3 Å². The Morgan fingerprint density at radius 2 is 1.79 bits per heavy atom. The molecule has 6 nitrogen and oxygen atoms in total. The molecule has 0 spiro atoms. The molecular weight excluding hydrogens is 374 g/mol. The van der Waals surface area contributed by atoms with Crippen molar-refractivity contribution in [2.45, 2.75) is 13.5 Å². The molecule has 0 aliphatic heterocycles. The maximum absolute atomic E-state index is 12.1. The number of benzene rings is 2. The first-order valence-electron chi connectivity index (χ1n) is 8.93. The summed E-state index contributed by atoms with van der Waals surface area (Å²) in [7, 11) is 0. The molecule has 0 unspecified atom stereocenters. The highest BCUT2D eigenvalue weighted by Gasteiger charge is 2.09. The van der Waals surface area contributed by atoms with Crippen molar-refractivity contribution in [3.63, 3.8) is 0 Å². The Bertz CT molecular complexity index is 924. The lowest BCUT2D eigenvalue weighted by molar-refractivity contribution is -0.120. The van der Waals surface area contributed by atoms with Gasteiger partial charge in [-0.3, -0.25) is 9.59 Å². The number of ether oxygens (including phenoxy) is 1. The normalized spacial score (nSPS) is 10.3. The zero-order valence-electron chi connectivity index (χ0n) is 15.5. The van der Waals surface area contributed by atoms with Crippen LogP contribution in [-0.2, 0) is 11.3 Å². The van der Waals surface area contributed by atoms with E-state index in [2.05, 4.69) is 15.6 Å². The van der Waals surface area contributed by atoms with Gasteiger partial charge in [0, 0.05) is 16.5 Å². The zero-order chi connectivity index (χ0) is 19.8. The van der Waals surface area contributed by atoms with Crippen molar-refractivity contribution in [1.29, 1.82) is 0 Å². The molecule has 0 aliphatic carbocycles. The van der Waals surface area contributed by atoms with Crippen LogP contribution in [0.15, 0.2) is 60.0 Å². The van der Waals surface area contributed by atoms with E-state index < -0.39 is 0 Å². The summed E-state index contributed by atoms with van der Waals surface area (Å²) in [4.78, 5) is 28.6. The second-order valence-electron chi connectivity index (χ2n) is 5.91. The van der Waals surface area contributed by atoms with Crippen molar-refractivity contribution in [1.82, 2.24) is 15.6 Å². The lowest BCUT2D eigenvalue weighted by Crippen LogP contribution is -2.36. The van der Waals surface area contributed by atoms with Crippen molar-refractivity contribution < 1.29 is 14.3 Å². The summed E-state index contributed by atoms with van der Waals surface area (Å²) in [5.74, 6) is 0.129. The molecule has 3 aromatic rings. The molecule has 0 saturated heterocycles. The van der Waals surface area contributed by atoms with Crippen LogP contribution in [0.25, 0.3) is 11.3 Å². The summed E-state index contributed by atoms with van der Waals surface area (Å²) in [5.41, 5.74) is 2.40. The minimum atomic E-state index is -0.307. The molecular formula is C21H21N3O3S. The largest absolute Gasteiger partial charge is 0.494 e. The van der Waals surface area contributed by atoms with Gasteiger partial charge in [-0.25, -0.2) is 4.98 Å². The van der Waals surface area contributed by atoms with Crippen LogP contribution < -0.4 is 15.4 Å². The van der Waals surface area contributed by atoms with Gasteiger partial charge in [0.1, 0.15) is 10.8 Å². The van der Waals surface area contributed by atoms with Crippen LogP contribution in [0.4, 0.5) is 0 Å². The average molecular weight is 395 g/mol. The lowest BCUT2D eigenvalue weighted by atomic mass is 10.2. The van der Waals surface area contributed by atoms with E-state index in [4.69, 9.17) is 4.74 Å². The van der Waals surface area contributed by atoms with E-state index in [1.807, 2.05) is 42.6 Å². The minimum absolute atomic E-state index is 0.0943. The van der Waals surface area contributed by atoms with Crippen molar-refractivity contribution in [3.05, 3.63) is 70.5 Å². The van der Waals surface area contributed by atoms with Gasteiger partial charge in [-0.1, -0.05) is 30.3 Å². The van der Waals surface area contributed by atoms with E-state index >= 15 is 0 Å². The van der Waals surface area contributed by atoms with E-state index in [1.165, 1.54) is 11.3 Å². The Morgan fingerprint density at radius 1 is 1.04 bits per heavy atom. The number of thiazole rings is 1. The number of hydrogen-bond acceptors (Lipinski definition) is 5. The third kappa shape index (κ3) is 5.40. The predicted molar refractivity (Wildman–Crippen MR) is 109 cm³/mol. The first-order chi connectivity index (χ1) is 13.7. The molecule has 2 aromatic carbocycles. The van der Waals surface area contributed by atoms with Gasteiger partial charge < -0.3 is 15.4 Å². The number of rotatable bonds is 8. The summed E-state index contributed by atoms with van der Waals surface area (Å²) in [6.07, 6.45) is 0. The number of carbonyl (C=O) groups is 2. The Kier molecular flexibility index (Phi) is 6.75. The van der Waals surface area contributed by atoms with Crippen molar-refractivity contribution in [2.24, 2.45) is 0 Å². The van der Waals surface area contributed by atoms with Gasteiger partial charge in [0.2, 0.25) is 5.91 Å². The van der Waals surface area contributed by atoms with Crippen LogP contribution in [0.3, 0.4) is 0 Å². The summed E-state index contributed by atoms with van der Waals surface area (Å²) in [6, 6.07) is 16.7. The molecule has 0 aliphatic rings. The molecule has 2 N–H and O–H groups in total. The van der Waals surface area contributed by atoms with Crippen molar-refractivity contribution >= 4 is 23.2 Å². The van der Waals surface area contributed by atoms with Crippen LogP contribution in [0, 0.1) is 0 Å². The van der Waals surface area contributed by atoms with E-state index in [9.17, 15) is 9.59 Å². The fourth-order valence-corrected chi connectivity index (χ4v) is 3.25. The fourth-order valence-electron chi connectivity index (χ4n) is 2.50. The number of nitrogens with zero attached hydrogens (tertiary/aromatic N) is 1. The second kappa shape index (κ2) is 9.66. The highest BCUT2D eigenvalue weighted by atomic mass is 32.1. The third-order valence-corrected chi connectivity index (χ3v) is 4.74. The smallest absolute Gasteiger partial charge is 0.251 e. The average Bonchev–Trinajstić information content (AvgIpc) is 3.21. The number of aromatic nitrogens is 1. The van der Waals surface area contributed by atoms with Gasteiger partial charge in [-0.2, -0.15) is 0 Å². The molecule has 0 atom stereocenters. The van der Waals surface area contributed by atoms with Gasteiger partial charge in [0.25, 0.3) is 5.91 Å². The number of carbonyl (C=O) groups excluding carboxylic acids is 2. The molecule has 3 rings (SSSR count). The molecule has 1 aromatic heterocycles. The lowest BCUT2D eigenvalue weighted by Gasteiger charge is -2.07. The molecule has 7 heteroatoms. The molecule has 0 radical (unpaired) electrons. The maximum atomic E-state index is 12.1. The Hall–Kier alpha value is -3.19. The van der Waals surface area contributed by atoms with Crippen LogP contribution in [0.5, 0.6) is 5.75 Å². The highest BCUT2D eigenvalue weighted by Crippen LogP contribution is 2.21. The monoisotopic (exact) mass is 395 g/mol. The Labute approximate surface area is 167 Å². The summed E-state index contributed by atoms with van der Waals surface area (Å²) in [6.45, 7) is 2.70. The topological polar surface area (TPSA) is 80.3 Å². The van der Waals surface area contributed by atoms with Crippen LogP contribution in [-0.4, -0.2) is 29.9 Å². The Morgan fingerprint density at radius 3 is 2.50 bits per heavy atom. The maximum Gasteiger partial charge on any atom is 0.251 e. The van der Waals surface area contributed by atoms with E-state index in [-0.39, 0.29) is 18.4 Å². The van der Waals surface area contributed by atoms with Gasteiger partial charge in [0.05, 0.1) is 25.4 Å². The number of amides is 2. The van der Waals surface area contributed by atoms with Crippen LogP contribution >= 0.6 is 11.3 Å². The SMILES string of the molecule is CCOc1ccc(C(=O)NCC(=O)NCc2nc(-c3ccccc3)cs2)cc1. The molecule has 2 amide bonds. The first-order valence-corrected chi connectivity index (χ1v) is 9.81. The van der Waals surface area contributed by atoms with E-state index in [0.29, 0.717) is 24.5 Å². The number of nitrogens with one attached hydrogen (secondary N) is 2. The molecule has 0 saturated carbocycles. The Balaban J connectivity index is 1.44. The molecule has 0 fully saturated rings. The zero-order valence-corrected chi connectivity index (χ0v) is 16.3. The standard InChI is InChI=1S/C21H21N3O3S/c1-2-27-17-10-8-16(9-11-17)21(26)23-12-19(25)22-13-20-24-18(14-28-20)15-6-4-3-5-7-15/h3-11,14H,2,12-13H2,1H3,(H,22,25)(H,23,26). The summed E-state index contributed by atoms with van der Waals surface area (Å²) < 4.78 is 5.34. The highest BCUT2D eigenvalue weighted by molar-refractivity contribution is 7.09. The summed E-state index contributed by atoms with van der Waals surface area (Å²) in [5, 5.41) is 8.15. The number of hydrogen-bond donors (Lipinski definition) is 2. The second-order valence-corrected chi connectivity index (χ2v) is 6.85. The molecule has 1 heterocycles. The fraction of sp³-hybridized carbons (Fsp3) is 0.190. The molecule has 0 bridgehead atoms. The first kappa shape index (κ1) is 19.6. The molecule has 28 heavy (non-hydrogen) atoms. The van der Waals surface area contributed by atoms with Gasteiger partial charge in [0.15, 0.2) is 0 Å². The van der Waals surface area contributed by atoms with E-state index in [1.54, 1.807) is 24.3 Å². The molecule has 144 valence electrons. The quantitative estimate of drug-likeness (QED) is 0.614. The van der Waals surface area contributed by atoms with E-state index in [0.717, 1.165) is 16.3 Å². The van der Waals surface area contributed by atoms with Crippen molar-refractivity contribution in [2.75, 3.05) is 13.2 Å². The predicted octanol–water partition coefficient (Wildman–Crippen LogP) is 3.26. The minimum Gasteiger partial charge on any atom is -0.494 e. The van der Waals surface area contributed by atoms with Gasteiger partial charge in [-0.05, 0) is 31.2 Å². The van der Waals surface area contributed by atoms with Gasteiger partial charge in [-0.15, -0.1) is 11.3 Å². The van der Waals surface area contributed by atoms with Crippen molar-refractivity contribution in [3.8, 4) is 17.0 Å². The van der Waals surface area contributed by atoms with Crippen LogP contribution in [0.2, 0.25) is 0 Å². The third-order valence-electron chi connectivity index (χ3n) is 3.90.